The molecule has 0 amide bonds. The van der Waals surface area contributed by atoms with Crippen molar-refractivity contribution >= 4 is 0 Å². The Bertz CT molecular complexity index is 409. The van der Waals surface area contributed by atoms with Gasteiger partial charge < -0.3 is 10.1 Å². The van der Waals surface area contributed by atoms with Crippen molar-refractivity contribution in [1.82, 2.24) is 15.1 Å². The molecule has 1 saturated carbocycles. The molecule has 4 heteroatoms. The van der Waals surface area contributed by atoms with Crippen LogP contribution in [0.2, 0.25) is 0 Å². The van der Waals surface area contributed by atoms with Crippen LogP contribution in [0.15, 0.2) is 12.3 Å². The third kappa shape index (κ3) is 3.00. The smallest absolute Gasteiger partial charge is 0.0697 e. The van der Waals surface area contributed by atoms with Crippen molar-refractivity contribution in [2.45, 2.75) is 56.6 Å². The van der Waals surface area contributed by atoms with Gasteiger partial charge in [-0.15, -0.1) is 0 Å². The molecular formula is C15H25N3O. The maximum Gasteiger partial charge on any atom is 0.0697 e. The molecule has 4 nitrogen and oxygen atoms in total. The van der Waals surface area contributed by atoms with Crippen molar-refractivity contribution in [3.8, 4) is 0 Å². The van der Waals surface area contributed by atoms with Gasteiger partial charge in [0.25, 0.3) is 0 Å². The fourth-order valence-corrected chi connectivity index (χ4v) is 3.62. The molecule has 0 radical (unpaired) electrons. The fraction of sp³-hybridized carbons (Fsp3) is 0.800. The minimum Gasteiger partial charge on any atom is -0.375 e. The van der Waals surface area contributed by atoms with Crippen molar-refractivity contribution in [3.05, 3.63) is 18.0 Å². The van der Waals surface area contributed by atoms with E-state index in [-0.39, 0.29) is 5.60 Å². The van der Waals surface area contributed by atoms with Crippen molar-refractivity contribution in [2.24, 2.45) is 7.05 Å². The Kier molecular flexibility index (Phi) is 3.89. The highest BCUT2D eigenvalue weighted by Crippen LogP contribution is 2.39. The molecule has 1 unspecified atom stereocenters. The predicted molar refractivity (Wildman–Crippen MR) is 75.1 cm³/mol. The van der Waals surface area contributed by atoms with Crippen LogP contribution in [0.1, 0.15) is 44.2 Å². The minimum atomic E-state index is 0.225. The van der Waals surface area contributed by atoms with Gasteiger partial charge in [-0.1, -0.05) is 12.8 Å². The molecule has 106 valence electrons. The SMILES string of the molecule is Cn1nccc1CCNC1CCOC2(CCCC2)C1. The van der Waals surface area contributed by atoms with Crippen LogP contribution in [0, 0.1) is 0 Å². The number of ether oxygens (including phenoxy) is 1. The minimum absolute atomic E-state index is 0.225. The summed E-state index contributed by atoms with van der Waals surface area (Å²) < 4.78 is 8.04. The zero-order valence-corrected chi connectivity index (χ0v) is 11.9. The standard InChI is InChI=1S/C15H25N3O/c1-18-14(5-10-17-18)4-9-16-13-6-11-19-15(12-13)7-2-3-8-15/h5,10,13,16H,2-4,6-9,11-12H2,1H3. The zero-order valence-electron chi connectivity index (χ0n) is 11.9. The Balaban J connectivity index is 1.46. The number of nitrogens with one attached hydrogen (secondary N) is 1. The molecular weight excluding hydrogens is 238 g/mol. The molecule has 1 saturated heterocycles. The maximum absolute atomic E-state index is 6.07. The van der Waals surface area contributed by atoms with Gasteiger partial charge in [-0.3, -0.25) is 4.68 Å². The molecule has 19 heavy (non-hydrogen) atoms. The van der Waals surface area contributed by atoms with Gasteiger partial charge in [0, 0.05) is 44.6 Å². The first-order chi connectivity index (χ1) is 9.27. The molecule has 2 heterocycles. The molecule has 0 aromatic carbocycles. The highest BCUT2D eigenvalue weighted by molar-refractivity contribution is 5.00. The summed E-state index contributed by atoms with van der Waals surface area (Å²) in [6.07, 6.45) is 10.5. The third-order valence-electron chi connectivity index (χ3n) is 4.74. The van der Waals surface area contributed by atoms with Gasteiger partial charge in [0.15, 0.2) is 0 Å². The average Bonchev–Trinajstić information content (AvgIpc) is 3.01. The second-order valence-electron chi connectivity index (χ2n) is 6.08. The van der Waals surface area contributed by atoms with Gasteiger partial charge in [-0.05, 0) is 31.7 Å². The lowest BCUT2D eigenvalue weighted by Gasteiger charge is -2.38. The lowest BCUT2D eigenvalue weighted by molar-refractivity contribution is -0.0834. The van der Waals surface area contributed by atoms with Gasteiger partial charge in [-0.25, -0.2) is 0 Å². The summed E-state index contributed by atoms with van der Waals surface area (Å²) in [5, 5.41) is 7.93. The summed E-state index contributed by atoms with van der Waals surface area (Å²) in [6.45, 7) is 1.98. The Morgan fingerprint density at radius 2 is 2.32 bits per heavy atom. The van der Waals surface area contributed by atoms with E-state index in [1.54, 1.807) is 0 Å². The van der Waals surface area contributed by atoms with Crippen LogP contribution in [0.4, 0.5) is 0 Å². The number of aromatic nitrogens is 2. The number of aryl methyl sites for hydroxylation is 1. The largest absolute Gasteiger partial charge is 0.375 e. The average molecular weight is 263 g/mol. The summed E-state index contributed by atoms with van der Waals surface area (Å²) >= 11 is 0. The summed E-state index contributed by atoms with van der Waals surface area (Å²) in [5.74, 6) is 0. The van der Waals surface area contributed by atoms with E-state index in [0.717, 1.165) is 26.0 Å². The monoisotopic (exact) mass is 263 g/mol. The Labute approximate surface area is 115 Å². The molecule has 1 atom stereocenters. The molecule has 1 aliphatic heterocycles. The van der Waals surface area contributed by atoms with Crippen molar-refractivity contribution in [1.29, 1.82) is 0 Å². The Morgan fingerprint density at radius 1 is 1.47 bits per heavy atom. The van der Waals surface area contributed by atoms with Gasteiger partial charge in [0.2, 0.25) is 0 Å². The number of hydrogen-bond acceptors (Lipinski definition) is 3. The molecule has 1 aliphatic carbocycles. The van der Waals surface area contributed by atoms with Gasteiger partial charge in [0.1, 0.15) is 0 Å². The van der Waals surface area contributed by atoms with Crippen LogP contribution in [-0.2, 0) is 18.2 Å². The molecule has 1 spiro atoms. The van der Waals surface area contributed by atoms with E-state index in [4.69, 9.17) is 4.74 Å². The first-order valence-corrected chi connectivity index (χ1v) is 7.62. The Hall–Kier alpha value is -0.870. The van der Waals surface area contributed by atoms with Crippen molar-refractivity contribution in [3.63, 3.8) is 0 Å². The highest BCUT2D eigenvalue weighted by Gasteiger charge is 2.39. The van der Waals surface area contributed by atoms with Crippen LogP contribution in [0.25, 0.3) is 0 Å². The molecule has 1 N–H and O–H groups in total. The van der Waals surface area contributed by atoms with Gasteiger partial charge in [0.05, 0.1) is 5.60 Å². The topological polar surface area (TPSA) is 39.1 Å². The van der Waals surface area contributed by atoms with Crippen LogP contribution >= 0.6 is 0 Å². The highest BCUT2D eigenvalue weighted by atomic mass is 16.5. The zero-order chi connectivity index (χ0) is 13.1. The van der Waals surface area contributed by atoms with E-state index >= 15 is 0 Å². The van der Waals surface area contributed by atoms with Crippen molar-refractivity contribution < 1.29 is 4.74 Å². The summed E-state index contributed by atoms with van der Waals surface area (Å²) in [7, 11) is 2.01. The van der Waals surface area contributed by atoms with Crippen molar-refractivity contribution in [2.75, 3.05) is 13.2 Å². The number of rotatable bonds is 4. The lowest BCUT2D eigenvalue weighted by Crippen LogP contribution is -2.46. The van der Waals surface area contributed by atoms with Crippen LogP contribution in [0.5, 0.6) is 0 Å². The number of hydrogen-bond donors (Lipinski definition) is 1. The normalized spacial score (nSPS) is 26.1. The Morgan fingerprint density at radius 3 is 3.05 bits per heavy atom. The predicted octanol–water partition coefficient (Wildman–Crippen LogP) is 2.04. The third-order valence-corrected chi connectivity index (χ3v) is 4.74. The van der Waals surface area contributed by atoms with E-state index in [9.17, 15) is 0 Å². The van der Waals surface area contributed by atoms with Gasteiger partial charge in [-0.2, -0.15) is 5.10 Å². The summed E-state index contributed by atoms with van der Waals surface area (Å²) in [4.78, 5) is 0. The maximum atomic E-state index is 6.07. The lowest BCUT2D eigenvalue weighted by atomic mass is 9.89. The van der Waals surface area contributed by atoms with Crippen LogP contribution in [-0.4, -0.2) is 34.6 Å². The molecule has 1 aromatic rings. The van der Waals surface area contributed by atoms with E-state index in [1.807, 2.05) is 17.9 Å². The first kappa shape index (κ1) is 13.1. The second kappa shape index (κ2) is 5.63. The molecule has 2 aliphatic rings. The van der Waals surface area contributed by atoms with E-state index in [1.165, 1.54) is 37.8 Å². The molecule has 3 rings (SSSR count). The molecule has 0 bridgehead atoms. The van der Waals surface area contributed by atoms with E-state index < -0.39 is 0 Å². The molecule has 1 aromatic heterocycles. The van der Waals surface area contributed by atoms with Crippen LogP contribution < -0.4 is 5.32 Å². The summed E-state index contributed by atoms with van der Waals surface area (Å²) in [5.41, 5.74) is 1.53. The first-order valence-electron chi connectivity index (χ1n) is 7.62. The number of nitrogens with zero attached hydrogens (tertiary/aromatic N) is 2. The molecule has 2 fully saturated rings. The van der Waals surface area contributed by atoms with E-state index in [0.29, 0.717) is 6.04 Å². The fourth-order valence-electron chi connectivity index (χ4n) is 3.62. The summed E-state index contributed by atoms with van der Waals surface area (Å²) in [6, 6.07) is 2.74. The van der Waals surface area contributed by atoms with Crippen LogP contribution in [0.3, 0.4) is 0 Å². The van der Waals surface area contributed by atoms with Gasteiger partial charge >= 0.3 is 0 Å². The quantitative estimate of drug-likeness (QED) is 0.903. The second-order valence-corrected chi connectivity index (χ2v) is 6.08. The van der Waals surface area contributed by atoms with E-state index in [2.05, 4.69) is 16.5 Å².